The molecule has 0 bridgehead atoms. The van der Waals surface area contributed by atoms with Crippen molar-refractivity contribution in [1.29, 1.82) is 0 Å². The van der Waals surface area contributed by atoms with E-state index in [9.17, 15) is 14.0 Å². The van der Waals surface area contributed by atoms with E-state index in [1.165, 1.54) is 30.5 Å². The van der Waals surface area contributed by atoms with Gasteiger partial charge < -0.3 is 10.4 Å². The van der Waals surface area contributed by atoms with Crippen molar-refractivity contribution in [3.8, 4) is 11.3 Å². The number of amides is 1. The smallest absolute Gasteiger partial charge is 0.326 e. The third-order valence-electron chi connectivity index (χ3n) is 3.20. The standard InChI is InChI=1S/C15H16FN3O3/c1-2-3-12(15(21)22)18-14(20)11-8-17-19-13(11)9-4-6-10(16)7-5-9/h4-8,12H,2-3H2,1H3,(H,17,19)(H,18,20)(H,21,22). The van der Waals surface area contributed by atoms with Crippen molar-refractivity contribution in [2.24, 2.45) is 0 Å². The number of aromatic nitrogens is 2. The molecule has 1 aromatic heterocycles. The molecule has 1 atom stereocenters. The highest BCUT2D eigenvalue weighted by Gasteiger charge is 2.22. The van der Waals surface area contributed by atoms with Crippen LogP contribution in [-0.4, -0.2) is 33.2 Å². The third-order valence-corrected chi connectivity index (χ3v) is 3.20. The molecule has 1 aromatic carbocycles. The van der Waals surface area contributed by atoms with Crippen LogP contribution in [0.4, 0.5) is 4.39 Å². The molecule has 6 nitrogen and oxygen atoms in total. The van der Waals surface area contributed by atoms with Gasteiger partial charge in [-0.05, 0) is 30.7 Å². The zero-order valence-corrected chi connectivity index (χ0v) is 12.0. The zero-order valence-electron chi connectivity index (χ0n) is 12.0. The molecule has 0 aliphatic carbocycles. The van der Waals surface area contributed by atoms with Gasteiger partial charge in [0.25, 0.3) is 5.91 Å². The van der Waals surface area contributed by atoms with E-state index in [-0.39, 0.29) is 11.4 Å². The highest BCUT2D eigenvalue weighted by molar-refractivity contribution is 6.01. The second kappa shape index (κ2) is 6.84. The lowest BCUT2D eigenvalue weighted by Crippen LogP contribution is -2.40. The molecule has 0 aliphatic heterocycles. The number of nitrogens with zero attached hydrogens (tertiary/aromatic N) is 1. The molecule has 116 valence electrons. The van der Waals surface area contributed by atoms with E-state index in [0.29, 0.717) is 24.1 Å². The van der Waals surface area contributed by atoms with Gasteiger partial charge in [-0.1, -0.05) is 13.3 Å². The molecule has 1 amide bonds. The maximum atomic E-state index is 13.0. The van der Waals surface area contributed by atoms with Gasteiger partial charge in [0.1, 0.15) is 11.9 Å². The monoisotopic (exact) mass is 305 g/mol. The fourth-order valence-corrected chi connectivity index (χ4v) is 2.08. The number of benzene rings is 1. The molecule has 7 heteroatoms. The Bertz CT molecular complexity index is 667. The van der Waals surface area contributed by atoms with Crippen molar-refractivity contribution in [3.63, 3.8) is 0 Å². The Morgan fingerprint density at radius 3 is 2.64 bits per heavy atom. The van der Waals surface area contributed by atoms with Gasteiger partial charge in [0, 0.05) is 5.56 Å². The maximum absolute atomic E-state index is 13.0. The lowest BCUT2D eigenvalue weighted by molar-refractivity contribution is -0.139. The van der Waals surface area contributed by atoms with Crippen molar-refractivity contribution in [2.75, 3.05) is 0 Å². The first-order valence-electron chi connectivity index (χ1n) is 6.86. The van der Waals surface area contributed by atoms with Gasteiger partial charge in [-0.3, -0.25) is 9.89 Å². The van der Waals surface area contributed by atoms with Gasteiger partial charge in [0.2, 0.25) is 0 Å². The summed E-state index contributed by atoms with van der Waals surface area (Å²) < 4.78 is 13.0. The Morgan fingerprint density at radius 1 is 1.36 bits per heavy atom. The van der Waals surface area contributed by atoms with Crippen LogP contribution in [0.25, 0.3) is 11.3 Å². The lowest BCUT2D eigenvalue weighted by Gasteiger charge is -2.13. The minimum absolute atomic E-state index is 0.217. The molecule has 2 rings (SSSR count). The fraction of sp³-hybridized carbons (Fsp3) is 0.267. The topological polar surface area (TPSA) is 95.1 Å². The number of rotatable bonds is 6. The second-order valence-corrected chi connectivity index (χ2v) is 4.82. The summed E-state index contributed by atoms with van der Waals surface area (Å²) in [5.41, 5.74) is 1.22. The summed E-state index contributed by atoms with van der Waals surface area (Å²) in [5, 5.41) is 18.0. The van der Waals surface area contributed by atoms with Crippen LogP contribution in [-0.2, 0) is 4.79 Å². The number of H-pyrrole nitrogens is 1. The number of hydrogen-bond donors (Lipinski definition) is 3. The van der Waals surface area contributed by atoms with Gasteiger partial charge in [0.05, 0.1) is 17.5 Å². The molecular weight excluding hydrogens is 289 g/mol. The zero-order chi connectivity index (χ0) is 16.1. The number of aliphatic carboxylic acids is 1. The van der Waals surface area contributed by atoms with Crippen LogP contribution in [0.1, 0.15) is 30.1 Å². The quantitative estimate of drug-likeness (QED) is 0.762. The number of hydrogen-bond acceptors (Lipinski definition) is 3. The largest absolute Gasteiger partial charge is 0.480 e. The van der Waals surface area contributed by atoms with Crippen LogP contribution in [0, 0.1) is 5.82 Å². The Balaban J connectivity index is 2.23. The van der Waals surface area contributed by atoms with Crippen molar-refractivity contribution in [2.45, 2.75) is 25.8 Å². The van der Waals surface area contributed by atoms with E-state index in [2.05, 4.69) is 15.5 Å². The van der Waals surface area contributed by atoms with Gasteiger partial charge in [0.15, 0.2) is 0 Å². The molecule has 22 heavy (non-hydrogen) atoms. The molecule has 2 aromatic rings. The minimum Gasteiger partial charge on any atom is -0.480 e. The van der Waals surface area contributed by atoms with E-state index in [1.807, 2.05) is 6.92 Å². The highest BCUT2D eigenvalue weighted by Crippen LogP contribution is 2.21. The number of carboxylic acids is 1. The van der Waals surface area contributed by atoms with Gasteiger partial charge >= 0.3 is 5.97 Å². The number of carbonyl (C=O) groups is 2. The molecule has 0 fully saturated rings. The summed E-state index contributed by atoms with van der Waals surface area (Å²) in [6.07, 6.45) is 2.29. The van der Waals surface area contributed by atoms with Crippen molar-refractivity contribution < 1.29 is 19.1 Å². The van der Waals surface area contributed by atoms with E-state index >= 15 is 0 Å². The number of carboxylic acid groups (broad SMARTS) is 1. The summed E-state index contributed by atoms with van der Waals surface area (Å²) in [6.45, 7) is 1.84. The maximum Gasteiger partial charge on any atom is 0.326 e. The predicted octanol–water partition coefficient (Wildman–Crippen LogP) is 2.20. The van der Waals surface area contributed by atoms with Gasteiger partial charge in [-0.2, -0.15) is 5.10 Å². The summed E-state index contributed by atoms with van der Waals surface area (Å²) >= 11 is 0. The van der Waals surface area contributed by atoms with E-state index < -0.39 is 17.9 Å². The molecule has 1 heterocycles. The summed E-state index contributed by atoms with van der Waals surface area (Å²) in [5.74, 6) is -2.00. The van der Waals surface area contributed by atoms with Crippen LogP contribution < -0.4 is 5.32 Å². The third kappa shape index (κ3) is 3.49. The number of nitrogens with one attached hydrogen (secondary N) is 2. The van der Waals surface area contributed by atoms with Crippen LogP contribution in [0.15, 0.2) is 30.5 Å². The highest BCUT2D eigenvalue weighted by atomic mass is 19.1. The second-order valence-electron chi connectivity index (χ2n) is 4.82. The Hall–Kier alpha value is -2.70. The van der Waals surface area contributed by atoms with Crippen molar-refractivity contribution in [3.05, 3.63) is 41.8 Å². The molecule has 0 radical (unpaired) electrons. The van der Waals surface area contributed by atoms with Crippen molar-refractivity contribution >= 4 is 11.9 Å². The fourth-order valence-electron chi connectivity index (χ4n) is 2.08. The minimum atomic E-state index is -1.08. The molecule has 0 saturated heterocycles. The molecule has 3 N–H and O–H groups in total. The first-order chi connectivity index (χ1) is 10.5. The molecular formula is C15H16FN3O3. The van der Waals surface area contributed by atoms with Crippen LogP contribution in [0.2, 0.25) is 0 Å². The predicted molar refractivity (Wildman–Crippen MR) is 77.8 cm³/mol. The number of halogens is 1. The molecule has 1 unspecified atom stereocenters. The average molecular weight is 305 g/mol. The van der Waals surface area contributed by atoms with Crippen molar-refractivity contribution in [1.82, 2.24) is 15.5 Å². The first-order valence-corrected chi connectivity index (χ1v) is 6.86. The molecule has 0 spiro atoms. The van der Waals surface area contributed by atoms with E-state index in [1.54, 1.807) is 0 Å². The lowest BCUT2D eigenvalue weighted by atomic mass is 10.1. The Kier molecular flexibility index (Phi) is 4.88. The normalized spacial score (nSPS) is 11.9. The Morgan fingerprint density at radius 2 is 2.05 bits per heavy atom. The summed E-state index contributed by atoms with van der Waals surface area (Å²) in [6, 6.07) is 4.62. The molecule has 0 saturated carbocycles. The SMILES string of the molecule is CCCC(NC(=O)c1cn[nH]c1-c1ccc(F)cc1)C(=O)O. The first kappa shape index (κ1) is 15.7. The van der Waals surface area contributed by atoms with E-state index in [4.69, 9.17) is 5.11 Å². The van der Waals surface area contributed by atoms with Gasteiger partial charge in [-0.15, -0.1) is 0 Å². The summed E-state index contributed by atoms with van der Waals surface area (Å²) in [4.78, 5) is 23.4. The van der Waals surface area contributed by atoms with Crippen LogP contribution in [0.3, 0.4) is 0 Å². The number of carbonyl (C=O) groups excluding carboxylic acids is 1. The molecule has 0 aliphatic rings. The summed E-state index contributed by atoms with van der Waals surface area (Å²) in [7, 11) is 0. The number of aromatic amines is 1. The van der Waals surface area contributed by atoms with E-state index in [0.717, 1.165) is 0 Å². The van der Waals surface area contributed by atoms with Crippen LogP contribution >= 0.6 is 0 Å². The Labute approximate surface area is 126 Å². The van der Waals surface area contributed by atoms with Crippen LogP contribution in [0.5, 0.6) is 0 Å². The van der Waals surface area contributed by atoms with Gasteiger partial charge in [-0.25, -0.2) is 9.18 Å². The average Bonchev–Trinajstić information content (AvgIpc) is 2.97.